The molecule has 0 bridgehead atoms. The first-order valence-electron chi connectivity index (χ1n) is 11.9. The minimum Gasteiger partial charge on any atom is -0.477 e. The Morgan fingerprint density at radius 3 is 2.60 bits per heavy atom. The van der Waals surface area contributed by atoms with Gasteiger partial charge in [0.25, 0.3) is 5.91 Å². The van der Waals surface area contributed by atoms with Crippen LogP contribution in [0.25, 0.3) is 0 Å². The van der Waals surface area contributed by atoms with Crippen LogP contribution < -0.4 is 5.32 Å². The van der Waals surface area contributed by atoms with E-state index in [1.807, 2.05) is 30.3 Å². The van der Waals surface area contributed by atoms with E-state index in [4.69, 9.17) is 0 Å². The number of fused-ring (bicyclic) bond motifs is 1. The Labute approximate surface area is 235 Å². The highest BCUT2D eigenvalue weighted by Crippen LogP contribution is 2.41. The monoisotopic (exact) mass is 595 g/mol. The molecule has 0 radical (unpaired) electrons. The van der Waals surface area contributed by atoms with E-state index in [-0.39, 0.29) is 47.2 Å². The molecule has 0 spiro atoms. The highest BCUT2D eigenvalue weighted by Gasteiger charge is 2.54. The topological polar surface area (TPSA) is 136 Å². The van der Waals surface area contributed by atoms with Crippen molar-refractivity contribution in [1.82, 2.24) is 25.1 Å². The number of likely N-dealkylation sites (tertiary alicyclic amines) is 1. The van der Waals surface area contributed by atoms with E-state index in [0.717, 1.165) is 9.80 Å². The largest absolute Gasteiger partial charge is 0.477 e. The van der Waals surface area contributed by atoms with Crippen LogP contribution in [0.5, 0.6) is 0 Å². The summed E-state index contributed by atoms with van der Waals surface area (Å²) in [5.41, 5.74) is -0.0796. The van der Waals surface area contributed by atoms with Crippen LogP contribution in [0.2, 0.25) is 0 Å². The minimum atomic E-state index is -4.53. The number of carboxylic acid groups (broad SMARTS) is 1. The second-order valence-electron chi connectivity index (χ2n) is 8.76. The fourth-order valence-corrected chi connectivity index (χ4v) is 6.26. The number of thioether (sulfide) groups is 2. The van der Waals surface area contributed by atoms with Crippen LogP contribution in [-0.4, -0.2) is 90.8 Å². The zero-order valence-corrected chi connectivity index (χ0v) is 22.4. The van der Waals surface area contributed by atoms with Crippen molar-refractivity contribution < 1.29 is 37.5 Å². The fraction of sp³-hybridized carbons (Fsp3) is 0.320. The lowest BCUT2D eigenvalue weighted by molar-refractivity contribution is -0.156. The summed E-state index contributed by atoms with van der Waals surface area (Å²) < 4.78 is 38.0. The Kier molecular flexibility index (Phi) is 9.25. The summed E-state index contributed by atoms with van der Waals surface area (Å²) in [4.78, 5) is 58.4. The van der Waals surface area contributed by atoms with Crippen LogP contribution in [0, 0.1) is 0 Å². The molecule has 3 N–H and O–H groups in total. The Hall–Kier alpha value is -3.72. The van der Waals surface area contributed by atoms with Crippen LogP contribution in [0.3, 0.4) is 0 Å². The van der Waals surface area contributed by atoms with Crippen LogP contribution >= 0.6 is 23.5 Å². The number of carbonyl (C=O) groups is 4. The van der Waals surface area contributed by atoms with Gasteiger partial charge in [0.2, 0.25) is 11.8 Å². The van der Waals surface area contributed by atoms with Gasteiger partial charge in [-0.05, 0) is 30.2 Å². The van der Waals surface area contributed by atoms with E-state index in [9.17, 15) is 37.5 Å². The first kappa shape index (κ1) is 29.3. The number of β-lactam (4-membered cyclic amide) rings is 1. The van der Waals surface area contributed by atoms with Crippen molar-refractivity contribution in [3.8, 4) is 0 Å². The molecule has 2 fully saturated rings. The molecule has 0 unspecified atom stereocenters. The standard InChI is InChI=1S/C22H20F3N3O5S2.C3H4N2/c23-22(24,25)11-27-7-6-12(18(27)30)8-13-9-35-20-16(19(31)28(20)17(13)21(32)33)26-15(29)10-34-14-4-2-1-3-5-14;1-2-5-3-4-1/h1-5,8,16,20H,6-7,9-11H2,(H,26,29)(H,32,33);1-3H,(H,4,5)/t16-,20-;/m1./s1. The maximum absolute atomic E-state index is 12.7. The van der Waals surface area contributed by atoms with Gasteiger partial charge in [0, 0.05) is 35.2 Å². The van der Waals surface area contributed by atoms with Crippen molar-refractivity contribution in [1.29, 1.82) is 0 Å². The van der Waals surface area contributed by atoms with E-state index in [1.54, 1.807) is 18.7 Å². The lowest BCUT2D eigenvalue weighted by atomic mass is 10.0. The average Bonchev–Trinajstić information content (AvgIpc) is 3.60. The van der Waals surface area contributed by atoms with Gasteiger partial charge >= 0.3 is 12.1 Å². The second kappa shape index (κ2) is 12.6. The molecule has 3 amide bonds. The average molecular weight is 596 g/mol. The number of carbonyl (C=O) groups excluding carboxylic acids is 3. The van der Waals surface area contributed by atoms with Gasteiger partial charge in [-0.15, -0.1) is 23.5 Å². The first-order chi connectivity index (χ1) is 19.0. The lowest BCUT2D eigenvalue weighted by Gasteiger charge is -2.49. The molecule has 15 heteroatoms. The summed E-state index contributed by atoms with van der Waals surface area (Å²) in [5.74, 6) is -2.95. The molecule has 212 valence electrons. The zero-order chi connectivity index (χ0) is 28.9. The normalized spacial score (nSPS) is 21.5. The third-order valence-corrected chi connectivity index (χ3v) is 8.28. The number of aliphatic carboxylic acids is 1. The van der Waals surface area contributed by atoms with Crippen LogP contribution in [0.15, 0.2) is 76.9 Å². The van der Waals surface area contributed by atoms with Crippen molar-refractivity contribution >= 4 is 47.2 Å². The van der Waals surface area contributed by atoms with E-state index < -0.39 is 41.9 Å². The van der Waals surface area contributed by atoms with Crippen molar-refractivity contribution in [2.45, 2.75) is 28.9 Å². The van der Waals surface area contributed by atoms with Gasteiger partial charge in [0.1, 0.15) is 23.7 Å². The number of hydrogen-bond acceptors (Lipinski definition) is 7. The van der Waals surface area contributed by atoms with Gasteiger partial charge in [0.15, 0.2) is 0 Å². The Morgan fingerprint density at radius 2 is 2.00 bits per heavy atom. The van der Waals surface area contributed by atoms with Gasteiger partial charge in [-0.3, -0.25) is 19.3 Å². The summed E-state index contributed by atoms with van der Waals surface area (Å²) in [7, 11) is 0. The number of benzene rings is 1. The van der Waals surface area contributed by atoms with Gasteiger partial charge in [-0.1, -0.05) is 18.2 Å². The molecular formula is C25H24F3N5O5S2. The minimum absolute atomic E-state index is 0.0467. The Morgan fingerprint density at radius 1 is 1.25 bits per heavy atom. The number of H-pyrrole nitrogens is 1. The molecule has 5 rings (SSSR count). The fourth-order valence-electron chi connectivity index (χ4n) is 4.23. The quantitative estimate of drug-likeness (QED) is 0.253. The predicted molar refractivity (Wildman–Crippen MR) is 141 cm³/mol. The number of alkyl halides is 3. The van der Waals surface area contributed by atoms with Crippen molar-refractivity contribution in [3.05, 3.63) is 72.0 Å². The second-order valence-corrected chi connectivity index (χ2v) is 10.9. The van der Waals surface area contributed by atoms with Gasteiger partial charge < -0.3 is 20.3 Å². The number of hydrogen-bond donors (Lipinski definition) is 3. The highest BCUT2D eigenvalue weighted by molar-refractivity contribution is 8.00. The highest BCUT2D eigenvalue weighted by atomic mass is 32.2. The smallest absolute Gasteiger partial charge is 0.406 e. The zero-order valence-electron chi connectivity index (χ0n) is 20.8. The number of nitrogens with zero attached hydrogens (tertiary/aromatic N) is 3. The Bertz CT molecular complexity index is 1300. The molecule has 10 nitrogen and oxygen atoms in total. The number of amides is 3. The van der Waals surface area contributed by atoms with Crippen molar-refractivity contribution in [2.75, 3.05) is 24.6 Å². The maximum atomic E-state index is 12.7. The molecule has 4 heterocycles. The number of nitrogens with one attached hydrogen (secondary N) is 2. The first-order valence-corrected chi connectivity index (χ1v) is 14.0. The summed E-state index contributed by atoms with van der Waals surface area (Å²) in [6, 6.07) is 8.34. The summed E-state index contributed by atoms with van der Waals surface area (Å²) >= 11 is 2.52. The molecule has 1 aromatic carbocycles. The number of carboxylic acids is 1. The van der Waals surface area contributed by atoms with Gasteiger partial charge in [0.05, 0.1) is 12.1 Å². The molecule has 2 saturated heterocycles. The molecule has 0 aliphatic carbocycles. The van der Waals surface area contributed by atoms with E-state index in [2.05, 4.69) is 15.3 Å². The third-order valence-electron chi connectivity index (χ3n) is 5.97. The Balaban J connectivity index is 0.000000666. The number of aromatic nitrogens is 2. The predicted octanol–water partition coefficient (Wildman–Crippen LogP) is 2.65. The molecule has 3 aliphatic rings. The molecule has 1 aromatic heterocycles. The number of imidazole rings is 1. The van der Waals surface area contributed by atoms with Crippen LogP contribution in [0.4, 0.5) is 13.2 Å². The van der Waals surface area contributed by atoms with Crippen molar-refractivity contribution in [2.24, 2.45) is 0 Å². The molecule has 2 aromatic rings. The van der Waals surface area contributed by atoms with Gasteiger partial charge in [-0.25, -0.2) is 9.78 Å². The maximum Gasteiger partial charge on any atom is 0.406 e. The van der Waals surface area contributed by atoms with E-state index >= 15 is 0 Å². The molecule has 0 saturated carbocycles. The SMILES string of the molecule is O=C(CSc1ccccc1)N[C@@H]1C(=O)N2C(C(=O)O)=C(C=C3CCN(CC(F)(F)F)C3=O)CS[C@H]12.c1c[nH]cn1. The molecule has 2 atom stereocenters. The van der Waals surface area contributed by atoms with Gasteiger partial charge in [-0.2, -0.15) is 13.2 Å². The van der Waals surface area contributed by atoms with Crippen molar-refractivity contribution in [3.63, 3.8) is 0 Å². The molecule has 40 heavy (non-hydrogen) atoms. The van der Waals surface area contributed by atoms with Crippen LogP contribution in [0.1, 0.15) is 6.42 Å². The molecule has 3 aliphatic heterocycles. The number of rotatable bonds is 7. The summed E-state index contributed by atoms with van der Waals surface area (Å²) in [6.07, 6.45) is 1.87. The van der Waals surface area contributed by atoms with E-state index in [0.29, 0.717) is 4.90 Å². The number of allylic oxidation sites excluding steroid dienone is 1. The molecular weight excluding hydrogens is 571 g/mol. The summed E-state index contributed by atoms with van der Waals surface area (Å²) in [6.45, 7) is -1.49. The number of halogens is 3. The third kappa shape index (κ3) is 7.07. The number of aromatic amines is 1. The van der Waals surface area contributed by atoms with Crippen LogP contribution in [-0.2, 0) is 19.2 Å². The lowest BCUT2D eigenvalue weighted by Crippen LogP contribution is -2.70. The summed E-state index contributed by atoms with van der Waals surface area (Å²) in [5, 5.41) is 11.8. The van der Waals surface area contributed by atoms with E-state index in [1.165, 1.54) is 29.6 Å².